The monoisotopic (exact) mass is 300 g/mol. The normalized spacial score (nSPS) is 17.1. The van der Waals surface area contributed by atoms with Gasteiger partial charge in [0.1, 0.15) is 23.2 Å². The number of ether oxygens (including phenoxy) is 1. The lowest BCUT2D eigenvalue weighted by Crippen LogP contribution is -2.26. The summed E-state index contributed by atoms with van der Waals surface area (Å²) in [5.74, 6) is 0.301. The molecule has 0 saturated carbocycles. The summed E-state index contributed by atoms with van der Waals surface area (Å²) in [4.78, 5) is 13.2. The fraction of sp³-hybridized carbons (Fsp3) is 0.200. The number of fused-ring (bicyclic) bond motifs is 1. The van der Waals surface area contributed by atoms with E-state index < -0.39 is 11.5 Å². The molecule has 0 unspecified atom stereocenters. The average molecular weight is 300 g/mol. The van der Waals surface area contributed by atoms with E-state index in [0.29, 0.717) is 17.1 Å². The van der Waals surface area contributed by atoms with Gasteiger partial charge in [-0.05, 0) is 30.9 Å². The first-order valence-corrected chi connectivity index (χ1v) is 7.17. The third-order valence-corrected chi connectivity index (χ3v) is 4.50. The number of nitrogens with zero attached hydrogens (tertiary/aromatic N) is 1. The van der Waals surface area contributed by atoms with Gasteiger partial charge in [-0.3, -0.25) is 0 Å². The van der Waals surface area contributed by atoms with E-state index in [9.17, 15) is 10.1 Å². The summed E-state index contributed by atoms with van der Waals surface area (Å²) in [7, 11) is 0. The zero-order valence-electron chi connectivity index (χ0n) is 11.5. The van der Waals surface area contributed by atoms with Crippen LogP contribution in [0.4, 0.5) is 0 Å². The van der Waals surface area contributed by atoms with Gasteiger partial charge in [-0.25, -0.2) is 4.79 Å². The molecule has 1 atom stereocenters. The first kappa shape index (κ1) is 13.5. The number of rotatable bonds is 1. The Bertz CT molecular complexity index is 855. The van der Waals surface area contributed by atoms with Crippen LogP contribution in [-0.2, 0) is 0 Å². The smallest absolute Gasteiger partial charge is 0.343 e. The van der Waals surface area contributed by atoms with Crippen molar-refractivity contribution in [3.8, 4) is 11.8 Å². The largest absolute Gasteiger partial charge is 0.440 e. The SMILES string of the molecule is Cc1cc2c(c(=O)o1)[C@H](c1sccc1C)C(C#N)=C(N)O2. The minimum atomic E-state index is -0.532. The molecule has 0 radical (unpaired) electrons. The van der Waals surface area contributed by atoms with Crippen LogP contribution >= 0.6 is 11.3 Å². The van der Waals surface area contributed by atoms with Gasteiger partial charge in [0.2, 0.25) is 5.88 Å². The minimum absolute atomic E-state index is 0.0350. The van der Waals surface area contributed by atoms with Crippen molar-refractivity contribution in [1.82, 2.24) is 0 Å². The highest BCUT2D eigenvalue weighted by molar-refractivity contribution is 7.10. The van der Waals surface area contributed by atoms with E-state index in [1.807, 2.05) is 18.4 Å². The second kappa shape index (κ2) is 4.79. The lowest BCUT2D eigenvalue weighted by molar-refractivity contribution is 0.372. The van der Waals surface area contributed by atoms with E-state index in [1.54, 1.807) is 13.0 Å². The molecular weight excluding hydrogens is 288 g/mol. The Kier molecular flexibility index (Phi) is 3.07. The van der Waals surface area contributed by atoms with E-state index in [0.717, 1.165) is 10.4 Å². The summed E-state index contributed by atoms with van der Waals surface area (Å²) < 4.78 is 10.6. The highest BCUT2D eigenvalue weighted by Gasteiger charge is 2.35. The molecule has 2 N–H and O–H groups in total. The van der Waals surface area contributed by atoms with Crippen molar-refractivity contribution >= 4 is 11.3 Å². The highest BCUT2D eigenvalue weighted by atomic mass is 32.1. The third-order valence-electron chi connectivity index (χ3n) is 3.42. The topological polar surface area (TPSA) is 89.2 Å². The molecule has 0 fully saturated rings. The van der Waals surface area contributed by atoms with E-state index in [1.165, 1.54) is 11.3 Å². The quantitative estimate of drug-likeness (QED) is 0.874. The molecule has 0 amide bonds. The molecule has 1 aliphatic rings. The molecule has 3 rings (SSSR count). The Morgan fingerprint density at radius 2 is 2.19 bits per heavy atom. The summed E-state index contributed by atoms with van der Waals surface area (Å²) in [5.41, 5.74) is 6.93. The van der Waals surface area contributed by atoms with Crippen LogP contribution in [-0.4, -0.2) is 0 Å². The van der Waals surface area contributed by atoms with Gasteiger partial charge in [0.25, 0.3) is 0 Å². The molecule has 2 aromatic rings. The molecule has 2 aromatic heterocycles. The van der Waals surface area contributed by atoms with E-state index in [4.69, 9.17) is 14.9 Å². The summed E-state index contributed by atoms with van der Waals surface area (Å²) in [5, 5.41) is 11.3. The average Bonchev–Trinajstić information content (AvgIpc) is 2.82. The molecule has 0 aliphatic carbocycles. The Morgan fingerprint density at radius 3 is 2.81 bits per heavy atom. The molecule has 0 aromatic carbocycles. The zero-order valence-corrected chi connectivity index (χ0v) is 12.3. The number of hydrogen-bond donors (Lipinski definition) is 1. The maximum absolute atomic E-state index is 12.3. The summed E-state index contributed by atoms with van der Waals surface area (Å²) in [6, 6.07) is 5.62. The first-order chi connectivity index (χ1) is 10.0. The Hall–Kier alpha value is -2.52. The van der Waals surface area contributed by atoms with Gasteiger partial charge < -0.3 is 14.9 Å². The predicted molar refractivity (Wildman–Crippen MR) is 78.1 cm³/mol. The minimum Gasteiger partial charge on any atom is -0.440 e. The zero-order chi connectivity index (χ0) is 15.1. The molecule has 0 bridgehead atoms. The van der Waals surface area contributed by atoms with Gasteiger partial charge in [-0.15, -0.1) is 11.3 Å². The fourth-order valence-corrected chi connectivity index (χ4v) is 3.50. The van der Waals surface area contributed by atoms with Crippen LogP contribution < -0.4 is 16.1 Å². The number of thiophene rings is 1. The highest BCUT2D eigenvalue weighted by Crippen LogP contribution is 2.43. The fourth-order valence-electron chi connectivity index (χ4n) is 2.46. The van der Waals surface area contributed by atoms with Gasteiger partial charge >= 0.3 is 5.63 Å². The van der Waals surface area contributed by atoms with E-state index in [-0.39, 0.29) is 11.5 Å². The molecule has 5 nitrogen and oxygen atoms in total. The lowest BCUT2D eigenvalue weighted by Gasteiger charge is -2.24. The van der Waals surface area contributed by atoms with E-state index in [2.05, 4.69) is 6.07 Å². The Labute approximate surface area is 124 Å². The van der Waals surface area contributed by atoms with Crippen LogP contribution in [0.5, 0.6) is 5.75 Å². The van der Waals surface area contributed by atoms with Crippen molar-refractivity contribution in [2.24, 2.45) is 5.73 Å². The van der Waals surface area contributed by atoms with Gasteiger partial charge in [0.15, 0.2) is 0 Å². The first-order valence-electron chi connectivity index (χ1n) is 6.29. The number of hydrogen-bond acceptors (Lipinski definition) is 6. The van der Waals surface area contributed by atoms with Gasteiger partial charge in [0, 0.05) is 10.9 Å². The molecule has 6 heteroatoms. The lowest BCUT2D eigenvalue weighted by atomic mass is 9.88. The molecule has 0 saturated heterocycles. The second-order valence-electron chi connectivity index (χ2n) is 4.82. The van der Waals surface area contributed by atoms with Crippen molar-refractivity contribution in [3.63, 3.8) is 0 Å². The predicted octanol–water partition coefficient (Wildman–Crippen LogP) is 2.54. The van der Waals surface area contributed by atoms with Crippen molar-refractivity contribution in [1.29, 1.82) is 5.26 Å². The van der Waals surface area contributed by atoms with Crippen LogP contribution in [0, 0.1) is 25.2 Å². The summed E-state index contributed by atoms with van der Waals surface area (Å²) >= 11 is 1.48. The third kappa shape index (κ3) is 2.03. The number of nitriles is 1. The van der Waals surface area contributed by atoms with Gasteiger partial charge in [-0.1, -0.05) is 0 Å². The van der Waals surface area contributed by atoms with Crippen molar-refractivity contribution in [3.05, 3.63) is 61.2 Å². The maximum Gasteiger partial charge on any atom is 0.343 e. The molecule has 106 valence electrons. The van der Waals surface area contributed by atoms with E-state index >= 15 is 0 Å². The summed E-state index contributed by atoms with van der Waals surface area (Å²) in [6.45, 7) is 3.60. The van der Waals surface area contributed by atoms with Gasteiger partial charge in [0.05, 0.1) is 11.5 Å². The second-order valence-corrected chi connectivity index (χ2v) is 5.76. The standard InChI is InChI=1S/C15H12N2O3S/c1-7-3-4-21-13(7)11-9(6-16)14(17)20-10-5-8(2)19-15(18)12(10)11/h3-5,11H,17H2,1-2H3/t11-/m1/s1. The van der Waals surface area contributed by atoms with Crippen LogP contribution in [0.2, 0.25) is 0 Å². The van der Waals surface area contributed by atoms with Crippen LogP contribution in [0.3, 0.4) is 0 Å². The van der Waals surface area contributed by atoms with Gasteiger partial charge in [-0.2, -0.15) is 5.26 Å². The maximum atomic E-state index is 12.3. The molecular formula is C15H12N2O3S. The van der Waals surface area contributed by atoms with Crippen LogP contribution in [0.25, 0.3) is 0 Å². The van der Waals surface area contributed by atoms with Crippen molar-refractivity contribution in [2.45, 2.75) is 19.8 Å². The van der Waals surface area contributed by atoms with Crippen LogP contribution in [0.1, 0.15) is 27.7 Å². The number of nitrogens with two attached hydrogens (primary N) is 1. The number of allylic oxidation sites excluding steroid dienone is 1. The molecule has 3 heterocycles. The molecule has 1 aliphatic heterocycles. The van der Waals surface area contributed by atoms with Crippen molar-refractivity contribution < 1.29 is 9.15 Å². The number of aryl methyl sites for hydroxylation is 2. The summed E-state index contributed by atoms with van der Waals surface area (Å²) in [6.07, 6.45) is 0. The van der Waals surface area contributed by atoms with Crippen molar-refractivity contribution in [2.75, 3.05) is 0 Å². The Morgan fingerprint density at radius 1 is 1.43 bits per heavy atom. The van der Waals surface area contributed by atoms with Crippen LogP contribution in [0.15, 0.2) is 38.2 Å². The molecule has 0 spiro atoms. The molecule has 21 heavy (non-hydrogen) atoms. The Balaban J connectivity index is 2.34.